The first kappa shape index (κ1) is 16.4. The summed E-state index contributed by atoms with van der Waals surface area (Å²) in [6.45, 7) is 12.9. The standard InChI is InChI=1S/C16H31N5/c1-5-15-8-6-7-9-20(15)10-11-21-13-14(18-19-21)12-17-16(2,3)4/h13,15,17H,5-12H2,1-4H3. The number of piperidine rings is 1. The molecule has 1 unspecified atom stereocenters. The summed E-state index contributed by atoms with van der Waals surface area (Å²) in [7, 11) is 0. The molecule has 21 heavy (non-hydrogen) atoms. The number of aromatic nitrogens is 3. The highest BCUT2D eigenvalue weighted by molar-refractivity contribution is 4.93. The quantitative estimate of drug-likeness (QED) is 0.875. The van der Waals surface area contributed by atoms with Gasteiger partial charge in [-0.3, -0.25) is 9.58 Å². The summed E-state index contributed by atoms with van der Waals surface area (Å²) >= 11 is 0. The molecule has 0 amide bonds. The molecule has 1 saturated heterocycles. The molecule has 0 spiro atoms. The van der Waals surface area contributed by atoms with Gasteiger partial charge in [-0.05, 0) is 46.6 Å². The lowest BCUT2D eigenvalue weighted by Crippen LogP contribution is -2.40. The zero-order valence-corrected chi connectivity index (χ0v) is 14.1. The third-order valence-electron chi connectivity index (χ3n) is 4.22. The molecule has 0 aliphatic carbocycles. The number of hydrogen-bond acceptors (Lipinski definition) is 4. The molecule has 2 heterocycles. The zero-order valence-electron chi connectivity index (χ0n) is 14.1. The van der Waals surface area contributed by atoms with E-state index in [1.165, 1.54) is 32.2 Å². The molecule has 0 saturated carbocycles. The fourth-order valence-electron chi connectivity index (χ4n) is 2.93. The number of rotatable bonds is 6. The summed E-state index contributed by atoms with van der Waals surface area (Å²) in [6, 6.07) is 0.768. The third-order valence-corrected chi connectivity index (χ3v) is 4.22. The SMILES string of the molecule is CCC1CCCCN1CCn1cc(CNC(C)(C)C)nn1. The maximum Gasteiger partial charge on any atom is 0.0965 e. The Kier molecular flexibility index (Phi) is 5.76. The predicted molar refractivity (Wildman–Crippen MR) is 86.1 cm³/mol. The van der Waals surface area contributed by atoms with Crippen molar-refractivity contribution >= 4 is 0 Å². The Balaban J connectivity index is 1.79. The van der Waals surface area contributed by atoms with E-state index >= 15 is 0 Å². The van der Waals surface area contributed by atoms with E-state index < -0.39 is 0 Å². The molecule has 1 fully saturated rings. The summed E-state index contributed by atoms with van der Waals surface area (Å²) < 4.78 is 1.99. The normalized spacial score (nSPS) is 20.9. The second kappa shape index (κ2) is 7.36. The van der Waals surface area contributed by atoms with Crippen molar-refractivity contribution in [2.45, 2.75) is 78.0 Å². The monoisotopic (exact) mass is 293 g/mol. The zero-order chi connectivity index (χ0) is 15.3. The lowest BCUT2D eigenvalue weighted by atomic mass is 10.0. The van der Waals surface area contributed by atoms with Crippen molar-refractivity contribution in [3.63, 3.8) is 0 Å². The molecule has 1 aromatic rings. The fourth-order valence-corrected chi connectivity index (χ4v) is 2.93. The number of hydrogen-bond donors (Lipinski definition) is 1. The lowest BCUT2D eigenvalue weighted by molar-refractivity contribution is 0.137. The van der Waals surface area contributed by atoms with Crippen LogP contribution in [0.3, 0.4) is 0 Å². The van der Waals surface area contributed by atoms with E-state index in [0.29, 0.717) is 0 Å². The van der Waals surface area contributed by atoms with Crippen LogP contribution >= 0.6 is 0 Å². The van der Waals surface area contributed by atoms with Gasteiger partial charge in [0.15, 0.2) is 0 Å². The van der Waals surface area contributed by atoms with Gasteiger partial charge in [0.25, 0.3) is 0 Å². The first-order chi connectivity index (χ1) is 9.98. The van der Waals surface area contributed by atoms with Gasteiger partial charge in [0.05, 0.1) is 12.2 Å². The largest absolute Gasteiger partial charge is 0.306 e. The molecule has 2 rings (SSSR count). The summed E-state index contributed by atoms with van der Waals surface area (Å²) in [5.74, 6) is 0. The van der Waals surface area contributed by atoms with Crippen LogP contribution in [-0.2, 0) is 13.1 Å². The second-order valence-corrected chi connectivity index (χ2v) is 7.17. The fraction of sp³-hybridized carbons (Fsp3) is 0.875. The second-order valence-electron chi connectivity index (χ2n) is 7.17. The molecular formula is C16H31N5. The highest BCUT2D eigenvalue weighted by Crippen LogP contribution is 2.19. The van der Waals surface area contributed by atoms with E-state index in [4.69, 9.17) is 0 Å². The summed E-state index contributed by atoms with van der Waals surface area (Å²) in [5.41, 5.74) is 1.14. The smallest absolute Gasteiger partial charge is 0.0965 e. The average molecular weight is 293 g/mol. The van der Waals surface area contributed by atoms with Crippen LogP contribution in [0.2, 0.25) is 0 Å². The van der Waals surface area contributed by atoms with E-state index in [2.05, 4.69) is 54.4 Å². The molecule has 5 heteroatoms. The third kappa shape index (κ3) is 5.40. The van der Waals surface area contributed by atoms with E-state index in [1.54, 1.807) is 0 Å². The highest BCUT2D eigenvalue weighted by Gasteiger charge is 2.20. The number of nitrogens with one attached hydrogen (secondary N) is 1. The number of nitrogens with zero attached hydrogens (tertiary/aromatic N) is 4. The Morgan fingerprint density at radius 1 is 1.29 bits per heavy atom. The summed E-state index contributed by atoms with van der Waals surface area (Å²) in [6.07, 6.45) is 7.42. The van der Waals surface area contributed by atoms with Crippen LogP contribution in [0.4, 0.5) is 0 Å². The van der Waals surface area contributed by atoms with Gasteiger partial charge in [-0.1, -0.05) is 18.6 Å². The van der Waals surface area contributed by atoms with Gasteiger partial charge in [-0.2, -0.15) is 0 Å². The molecule has 0 radical (unpaired) electrons. The van der Waals surface area contributed by atoms with Crippen LogP contribution in [0.25, 0.3) is 0 Å². The van der Waals surface area contributed by atoms with Gasteiger partial charge in [-0.15, -0.1) is 5.10 Å². The first-order valence-electron chi connectivity index (χ1n) is 8.36. The Labute approximate surface area is 129 Å². The van der Waals surface area contributed by atoms with E-state index in [9.17, 15) is 0 Å². The van der Waals surface area contributed by atoms with E-state index in [1.807, 2.05) is 4.68 Å². The Morgan fingerprint density at radius 3 is 2.81 bits per heavy atom. The van der Waals surface area contributed by atoms with Crippen molar-refractivity contribution in [2.75, 3.05) is 13.1 Å². The van der Waals surface area contributed by atoms with Crippen LogP contribution in [-0.4, -0.2) is 44.6 Å². The molecule has 1 atom stereocenters. The molecule has 1 aliphatic rings. The minimum absolute atomic E-state index is 0.117. The van der Waals surface area contributed by atoms with Gasteiger partial charge >= 0.3 is 0 Å². The topological polar surface area (TPSA) is 46.0 Å². The van der Waals surface area contributed by atoms with Gasteiger partial charge in [0.2, 0.25) is 0 Å². The van der Waals surface area contributed by atoms with Crippen LogP contribution < -0.4 is 5.32 Å². The van der Waals surface area contributed by atoms with E-state index in [0.717, 1.165) is 31.4 Å². The van der Waals surface area contributed by atoms with Crippen molar-refractivity contribution in [1.29, 1.82) is 0 Å². The van der Waals surface area contributed by atoms with Gasteiger partial charge in [-0.25, -0.2) is 0 Å². The van der Waals surface area contributed by atoms with Crippen LogP contribution in [0.1, 0.15) is 59.1 Å². The van der Waals surface area contributed by atoms with Crippen molar-refractivity contribution < 1.29 is 0 Å². The van der Waals surface area contributed by atoms with E-state index in [-0.39, 0.29) is 5.54 Å². The molecule has 1 N–H and O–H groups in total. The molecular weight excluding hydrogens is 262 g/mol. The lowest BCUT2D eigenvalue weighted by Gasteiger charge is -2.35. The maximum atomic E-state index is 4.25. The average Bonchev–Trinajstić information content (AvgIpc) is 2.90. The predicted octanol–water partition coefficient (Wildman–Crippen LogP) is 2.43. The first-order valence-corrected chi connectivity index (χ1v) is 8.36. The Morgan fingerprint density at radius 2 is 2.10 bits per heavy atom. The minimum atomic E-state index is 0.117. The molecule has 0 bridgehead atoms. The molecule has 0 aromatic carbocycles. The van der Waals surface area contributed by atoms with Crippen molar-refractivity contribution in [3.05, 3.63) is 11.9 Å². The van der Waals surface area contributed by atoms with Gasteiger partial charge in [0.1, 0.15) is 0 Å². The summed E-state index contributed by atoms with van der Waals surface area (Å²) in [5, 5.41) is 12.0. The molecule has 1 aromatic heterocycles. The molecule has 1 aliphatic heterocycles. The van der Waals surface area contributed by atoms with Gasteiger partial charge in [0, 0.05) is 30.9 Å². The molecule has 5 nitrogen and oxygen atoms in total. The Bertz CT molecular complexity index is 421. The highest BCUT2D eigenvalue weighted by atomic mass is 15.4. The van der Waals surface area contributed by atoms with Crippen LogP contribution in [0.5, 0.6) is 0 Å². The van der Waals surface area contributed by atoms with Crippen LogP contribution in [0.15, 0.2) is 6.20 Å². The number of likely N-dealkylation sites (tertiary alicyclic amines) is 1. The Hall–Kier alpha value is -0.940. The van der Waals surface area contributed by atoms with Crippen molar-refractivity contribution in [1.82, 2.24) is 25.2 Å². The minimum Gasteiger partial charge on any atom is -0.306 e. The van der Waals surface area contributed by atoms with Crippen molar-refractivity contribution in [3.8, 4) is 0 Å². The maximum absolute atomic E-state index is 4.25. The van der Waals surface area contributed by atoms with Crippen molar-refractivity contribution in [2.24, 2.45) is 0 Å². The molecule has 120 valence electrons. The van der Waals surface area contributed by atoms with Crippen LogP contribution in [0, 0.1) is 0 Å². The summed E-state index contributed by atoms with van der Waals surface area (Å²) in [4.78, 5) is 2.62. The van der Waals surface area contributed by atoms with Gasteiger partial charge < -0.3 is 5.32 Å².